The summed E-state index contributed by atoms with van der Waals surface area (Å²) < 4.78 is 5.67. The van der Waals surface area contributed by atoms with E-state index in [0.29, 0.717) is 0 Å². The van der Waals surface area contributed by atoms with Crippen molar-refractivity contribution in [3.63, 3.8) is 0 Å². The first-order valence-electron chi connectivity index (χ1n) is 6.33. The lowest BCUT2D eigenvalue weighted by Crippen LogP contribution is -2.01. The first-order valence-corrected chi connectivity index (χ1v) is 6.33. The highest BCUT2D eigenvalue weighted by atomic mass is 16.5. The van der Waals surface area contributed by atoms with Gasteiger partial charge in [0.15, 0.2) is 0 Å². The van der Waals surface area contributed by atoms with Crippen LogP contribution in [0.4, 0.5) is 5.69 Å². The molecule has 1 aromatic carbocycles. The van der Waals surface area contributed by atoms with Crippen LogP contribution in [0.25, 0.3) is 0 Å². The van der Waals surface area contributed by atoms with Crippen molar-refractivity contribution in [1.82, 2.24) is 0 Å². The highest BCUT2D eigenvalue weighted by Crippen LogP contribution is 2.28. The molecule has 1 aliphatic carbocycles. The average Bonchev–Trinajstić information content (AvgIpc) is 2.77. The second-order valence-corrected chi connectivity index (χ2v) is 4.71. The van der Waals surface area contributed by atoms with Gasteiger partial charge in [0.05, 0.1) is 6.61 Å². The molecule has 1 aromatic rings. The van der Waals surface area contributed by atoms with E-state index in [1.807, 2.05) is 24.3 Å². The van der Waals surface area contributed by atoms with Gasteiger partial charge in [0.25, 0.3) is 0 Å². The monoisotopic (exact) mass is 219 g/mol. The van der Waals surface area contributed by atoms with Crippen molar-refractivity contribution in [2.45, 2.75) is 38.5 Å². The summed E-state index contributed by atoms with van der Waals surface area (Å²) >= 11 is 0. The molecule has 0 bridgehead atoms. The zero-order valence-corrected chi connectivity index (χ0v) is 9.82. The fraction of sp³-hybridized carbons (Fsp3) is 0.571. The topological polar surface area (TPSA) is 35.2 Å². The van der Waals surface area contributed by atoms with E-state index in [4.69, 9.17) is 10.5 Å². The third-order valence-corrected chi connectivity index (χ3v) is 3.36. The van der Waals surface area contributed by atoms with Crippen LogP contribution in [0.3, 0.4) is 0 Å². The summed E-state index contributed by atoms with van der Waals surface area (Å²) in [7, 11) is 0. The zero-order chi connectivity index (χ0) is 11.2. The van der Waals surface area contributed by atoms with Crippen LogP contribution >= 0.6 is 0 Å². The Morgan fingerprint density at radius 1 is 1.25 bits per heavy atom. The number of ether oxygens (including phenoxy) is 1. The molecule has 0 heterocycles. The maximum atomic E-state index is 5.68. The Bertz CT molecular complexity index is 318. The lowest BCUT2D eigenvalue weighted by molar-refractivity contribution is 0.293. The van der Waals surface area contributed by atoms with Gasteiger partial charge >= 0.3 is 0 Å². The van der Waals surface area contributed by atoms with Crippen LogP contribution in [0.2, 0.25) is 0 Å². The van der Waals surface area contributed by atoms with Gasteiger partial charge in [-0.2, -0.15) is 0 Å². The molecule has 16 heavy (non-hydrogen) atoms. The number of hydrogen-bond donors (Lipinski definition) is 1. The molecule has 1 fully saturated rings. The van der Waals surface area contributed by atoms with Gasteiger partial charge in [0.1, 0.15) is 5.75 Å². The molecule has 0 saturated heterocycles. The Balaban J connectivity index is 1.64. The SMILES string of the molecule is Nc1cccc(OCCCC2CCCC2)c1. The van der Waals surface area contributed by atoms with Crippen molar-refractivity contribution in [3.8, 4) is 5.75 Å². The van der Waals surface area contributed by atoms with E-state index < -0.39 is 0 Å². The van der Waals surface area contributed by atoms with E-state index in [1.54, 1.807) is 0 Å². The van der Waals surface area contributed by atoms with Gasteiger partial charge in [-0.3, -0.25) is 0 Å². The molecule has 0 atom stereocenters. The largest absolute Gasteiger partial charge is 0.494 e. The number of benzene rings is 1. The number of anilines is 1. The van der Waals surface area contributed by atoms with Gasteiger partial charge in [-0.25, -0.2) is 0 Å². The minimum Gasteiger partial charge on any atom is -0.494 e. The molecule has 88 valence electrons. The summed E-state index contributed by atoms with van der Waals surface area (Å²) in [6, 6.07) is 7.66. The van der Waals surface area contributed by atoms with Crippen LogP contribution in [0.15, 0.2) is 24.3 Å². The molecule has 1 aliphatic rings. The van der Waals surface area contributed by atoms with Crippen molar-refractivity contribution >= 4 is 5.69 Å². The molecule has 2 heteroatoms. The Morgan fingerprint density at radius 2 is 2.06 bits per heavy atom. The summed E-state index contributed by atoms with van der Waals surface area (Å²) in [4.78, 5) is 0. The van der Waals surface area contributed by atoms with Crippen LogP contribution in [-0.2, 0) is 0 Å². The Morgan fingerprint density at radius 3 is 2.81 bits per heavy atom. The van der Waals surface area contributed by atoms with Gasteiger partial charge in [0.2, 0.25) is 0 Å². The maximum Gasteiger partial charge on any atom is 0.121 e. The molecule has 0 spiro atoms. The molecule has 0 radical (unpaired) electrons. The maximum absolute atomic E-state index is 5.68. The van der Waals surface area contributed by atoms with Crippen molar-refractivity contribution in [1.29, 1.82) is 0 Å². The summed E-state index contributed by atoms with van der Waals surface area (Å²) in [5.74, 6) is 1.86. The Hall–Kier alpha value is -1.18. The second kappa shape index (κ2) is 5.78. The van der Waals surface area contributed by atoms with Crippen LogP contribution in [0.5, 0.6) is 5.75 Å². The number of hydrogen-bond acceptors (Lipinski definition) is 2. The van der Waals surface area contributed by atoms with E-state index in [0.717, 1.165) is 24.0 Å². The highest BCUT2D eigenvalue weighted by Gasteiger charge is 2.13. The standard InChI is InChI=1S/C14H21NO/c15-13-8-3-9-14(11-13)16-10-4-7-12-5-1-2-6-12/h3,8-9,11-12H,1-2,4-7,10,15H2. The molecule has 2 rings (SSSR count). The number of nitrogens with two attached hydrogens (primary N) is 1. The molecule has 0 amide bonds. The molecular formula is C14H21NO. The van der Waals surface area contributed by atoms with Crippen LogP contribution in [0.1, 0.15) is 38.5 Å². The third kappa shape index (κ3) is 3.44. The van der Waals surface area contributed by atoms with Crippen molar-refractivity contribution in [2.75, 3.05) is 12.3 Å². The van der Waals surface area contributed by atoms with E-state index in [1.165, 1.54) is 38.5 Å². The number of nitrogen functional groups attached to an aromatic ring is 1. The molecule has 2 nitrogen and oxygen atoms in total. The first kappa shape index (κ1) is 11.3. The van der Waals surface area contributed by atoms with Crippen molar-refractivity contribution in [2.24, 2.45) is 5.92 Å². The van der Waals surface area contributed by atoms with Gasteiger partial charge in [-0.1, -0.05) is 31.7 Å². The summed E-state index contributed by atoms with van der Waals surface area (Å²) in [6.45, 7) is 0.819. The van der Waals surface area contributed by atoms with Gasteiger partial charge in [-0.05, 0) is 30.9 Å². The van der Waals surface area contributed by atoms with E-state index in [-0.39, 0.29) is 0 Å². The second-order valence-electron chi connectivity index (χ2n) is 4.71. The Kier molecular flexibility index (Phi) is 4.09. The van der Waals surface area contributed by atoms with Gasteiger partial charge in [0, 0.05) is 11.8 Å². The molecule has 2 N–H and O–H groups in total. The smallest absolute Gasteiger partial charge is 0.121 e. The molecular weight excluding hydrogens is 198 g/mol. The molecule has 1 saturated carbocycles. The van der Waals surface area contributed by atoms with E-state index >= 15 is 0 Å². The molecule has 0 aliphatic heterocycles. The van der Waals surface area contributed by atoms with E-state index in [2.05, 4.69) is 0 Å². The minimum absolute atomic E-state index is 0.772. The lowest BCUT2D eigenvalue weighted by atomic mass is 10.0. The normalized spacial score (nSPS) is 16.5. The predicted octanol–water partition coefficient (Wildman–Crippen LogP) is 3.62. The van der Waals surface area contributed by atoms with Crippen molar-refractivity contribution < 1.29 is 4.74 Å². The van der Waals surface area contributed by atoms with E-state index in [9.17, 15) is 0 Å². The summed E-state index contributed by atoms with van der Waals surface area (Å²) in [5.41, 5.74) is 6.45. The van der Waals surface area contributed by atoms with Gasteiger partial charge < -0.3 is 10.5 Å². The fourth-order valence-electron chi connectivity index (χ4n) is 2.47. The van der Waals surface area contributed by atoms with Crippen LogP contribution in [-0.4, -0.2) is 6.61 Å². The summed E-state index contributed by atoms with van der Waals surface area (Å²) in [5, 5.41) is 0. The lowest BCUT2D eigenvalue weighted by Gasteiger charge is -2.10. The molecule has 0 unspecified atom stereocenters. The quantitative estimate of drug-likeness (QED) is 0.606. The summed E-state index contributed by atoms with van der Waals surface area (Å²) in [6.07, 6.45) is 8.21. The van der Waals surface area contributed by atoms with Crippen LogP contribution in [0, 0.1) is 5.92 Å². The van der Waals surface area contributed by atoms with Crippen molar-refractivity contribution in [3.05, 3.63) is 24.3 Å². The zero-order valence-electron chi connectivity index (χ0n) is 9.82. The fourth-order valence-corrected chi connectivity index (χ4v) is 2.47. The van der Waals surface area contributed by atoms with Crippen LogP contribution < -0.4 is 10.5 Å². The first-order chi connectivity index (χ1) is 7.84. The highest BCUT2D eigenvalue weighted by molar-refractivity contribution is 5.43. The molecule has 0 aromatic heterocycles. The predicted molar refractivity (Wildman–Crippen MR) is 67.5 cm³/mol. The average molecular weight is 219 g/mol. The Labute approximate surface area is 97.8 Å². The number of rotatable bonds is 5. The minimum atomic E-state index is 0.772. The third-order valence-electron chi connectivity index (χ3n) is 3.36. The van der Waals surface area contributed by atoms with Gasteiger partial charge in [-0.15, -0.1) is 0 Å².